The van der Waals surface area contributed by atoms with Crippen molar-refractivity contribution in [2.24, 2.45) is 0 Å². The van der Waals surface area contributed by atoms with E-state index in [2.05, 4.69) is 9.05 Å². The van der Waals surface area contributed by atoms with Gasteiger partial charge in [0.25, 0.3) is 0 Å². The summed E-state index contributed by atoms with van der Waals surface area (Å²) in [5.74, 6) is -0.874. The fourth-order valence-electron chi connectivity index (χ4n) is 1.20. The Balaban J connectivity index is 3.80. The average molecular weight is 314 g/mol. The molecule has 20 heavy (non-hydrogen) atoms. The van der Waals surface area contributed by atoms with Crippen LogP contribution < -0.4 is 0 Å². The third kappa shape index (κ3) is 11.3. The van der Waals surface area contributed by atoms with E-state index < -0.39 is 19.9 Å². The van der Waals surface area contributed by atoms with E-state index >= 15 is 0 Å². The number of hydrogen-bond acceptors (Lipinski definition) is 6. The number of unbranched alkanes of at least 4 members (excludes halogenated alkanes) is 1. The lowest BCUT2D eigenvalue weighted by Crippen LogP contribution is -2.24. The van der Waals surface area contributed by atoms with Crippen LogP contribution in [0.2, 0.25) is 0 Å². The van der Waals surface area contributed by atoms with Crippen molar-refractivity contribution >= 4 is 13.8 Å². The van der Waals surface area contributed by atoms with Crippen LogP contribution in [0.3, 0.4) is 0 Å². The fraction of sp³-hybridized carbons (Fsp3) is 0.909. The first-order valence-electron chi connectivity index (χ1n) is 6.47. The Labute approximate surface area is 118 Å². The first kappa shape index (κ1) is 19.5. The van der Waals surface area contributed by atoms with Crippen molar-refractivity contribution in [2.75, 3.05) is 26.4 Å². The molecule has 0 amide bonds. The number of aliphatic hydroxyl groups is 1. The van der Waals surface area contributed by atoms with E-state index in [0.717, 1.165) is 0 Å². The van der Waals surface area contributed by atoms with E-state index in [1.54, 1.807) is 6.92 Å². The minimum atomic E-state index is -4.10. The highest BCUT2D eigenvalue weighted by atomic mass is 31.2. The van der Waals surface area contributed by atoms with Crippen molar-refractivity contribution in [1.29, 1.82) is 0 Å². The average Bonchev–Trinajstić information content (AvgIpc) is 2.39. The minimum absolute atomic E-state index is 0.0559. The smallest absolute Gasteiger partial charge is 0.472 e. The zero-order valence-electron chi connectivity index (χ0n) is 11.6. The molecule has 0 aliphatic carbocycles. The quantitative estimate of drug-likeness (QED) is 0.342. The number of carbonyl (C=O) groups is 1. The number of carboxylic acid groups (broad SMARTS) is 1. The van der Waals surface area contributed by atoms with Crippen molar-refractivity contribution in [2.45, 2.75) is 38.7 Å². The van der Waals surface area contributed by atoms with Gasteiger partial charge in [-0.05, 0) is 19.3 Å². The molecule has 0 bridgehead atoms. The number of aliphatic hydroxyl groups excluding tert-OH is 1. The van der Waals surface area contributed by atoms with Gasteiger partial charge in [0.05, 0.1) is 19.8 Å². The molecule has 2 atom stereocenters. The molecule has 3 N–H and O–H groups in total. The molecule has 0 heterocycles. The predicted octanol–water partition coefficient (Wildman–Crippen LogP) is 1.16. The number of rotatable bonds is 13. The summed E-state index contributed by atoms with van der Waals surface area (Å²) in [5, 5.41) is 17.5. The Kier molecular flexibility index (Phi) is 10.9. The molecule has 0 aromatic rings. The monoisotopic (exact) mass is 314 g/mol. The molecule has 120 valence electrons. The second-order valence-corrected chi connectivity index (χ2v) is 5.58. The largest absolute Gasteiger partial charge is 0.481 e. The Morgan fingerprint density at radius 2 is 1.95 bits per heavy atom. The molecule has 0 saturated heterocycles. The number of carboxylic acids is 1. The van der Waals surface area contributed by atoms with Crippen LogP contribution in [0.4, 0.5) is 0 Å². The van der Waals surface area contributed by atoms with Crippen LogP contribution in [0.1, 0.15) is 32.6 Å². The number of phosphoric ester groups is 1. The van der Waals surface area contributed by atoms with Gasteiger partial charge in [0.2, 0.25) is 0 Å². The van der Waals surface area contributed by atoms with Gasteiger partial charge in [-0.2, -0.15) is 0 Å². The molecule has 0 aliphatic rings. The van der Waals surface area contributed by atoms with Gasteiger partial charge < -0.3 is 19.8 Å². The second kappa shape index (κ2) is 11.2. The minimum Gasteiger partial charge on any atom is -0.481 e. The maximum Gasteiger partial charge on any atom is 0.472 e. The Bertz CT molecular complexity index is 309. The van der Waals surface area contributed by atoms with Crippen LogP contribution in [0.25, 0.3) is 0 Å². The maximum atomic E-state index is 11.4. The van der Waals surface area contributed by atoms with Gasteiger partial charge in [0.1, 0.15) is 6.10 Å². The summed E-state index contributed by atoms with van der Waals surface area (Å²) >= 11 is 0. The lowest BCUT2D eigenvalue weighted by Gasteiger charge is -2.17. The van der Waals surface area contributed by atoms with E-state index in [1.165, 1.54) is 0 Å². The molecule has 0 rings (SSSR count). The molecule has 0 saturated carbocycles. The van der Waals surface area contributed by atoms with Crippen LogP contribution in [-0.2, 0) is 23.1 Å². The van der Waals surface area contributed by atoms with Crippen molar-refractivity contribution in [1.82, 2.24) is 0 Å². The molecular weight excluding hydrogens is 291 g/mol. The summed E-state index contributed by atoms with van der Waals surface area (Å²) in [6.07, 6.45) is 0.876. The van der Waals surface area contributed by atoms with Crippen LogP contribution in [0, 0.1) is 0 Å². The molecule has 9 heteroatoms. The molecule has 0 aromatic heterocycles. The molecule has 0 spiro atoms. The van der Waals surface area contributed by atoms with Crippen molar-refractivity contribution in [3.63, 3.8) is 0 Å². The van der Waals surface area contributed by atoms with Crippen LogP contribution in [-0.4, -0.2) is 53.6 Å². The highest BCUT2D eigenvalue weighted by Gasteiger charge is 2.22. The zero-order valence-corrected chi connectivity index (χ0v) is 12.5. The Hall–Kier alpha value is -0.500. The SMILES string of the molecule is CCCOP(=O)(O)OC[C@@H](CO)OCCCCC(=O)O. The summed E-state index contributed by atoms with van der Waals surface area (Å²) in [6.45, 7) is 1.50. The highest BCUT2D eigenvalue weighted by molar-refractivity contribution is 7.47. The van der Waals surface area contributed by atoms with E-state index in [9.17, 15) is 14.3 Å². The van der Waals surface area contributed by atoms with Gasteiger partial charge in [-0.25, -0.2) is 4.57 Å². The predicted molar refractivity (Wildman–Crippen MR) is 70.3 cm³/mol. The van der Waals surface area contributed by atoms with E-state index in [4.69, 9.17) is 14.9 Å². The van der Waals surface area contributed by atoms with Gasteiger partial charge in [-0.3, -0.25) is 13.8 Å². The Morgan fingerprint density at radius 1 is 1.25 bits per heavy atom. The van der Waals surface area contributed by atoms with Gasteiger partial charge in [-0.1, -0.05) is 6.92 Å². The number of phosphoric acid groups is 1. The van der Waals surface area contributed by atoms with E-state index in [1.807, 2.05) is 0 Å². The van der Waals surface area contributed by atoms with Crippen molar-refractivity contribution in [3.05, 3.63) is 0 Å². The normalized spacial score (nSPS) is 15.8. The van der Waals surface area contributed by atoms with E-state index in [0.29, 0.717) is 19.3 Å². The van der Waals surface area contributed by atoms with Gasteiger partial charge in [0, 0.05) is 13.0 Å². The van der Waals surface area contributed by atoms with Crippen molar-refractivity contribution < 1.29 is 38.3 Å². The highest BCUT2D eigenvalue weighted by Crippen LogP contribution is 2.43. The summed E-state index contributed by atoms with van der Waals surface area (Å²) in [6, 6.07) is 0. The first-order chi connectivity index (χ1) is 9.41. The standard InChI is InChI=1S/C11H23O8P/c1-2-6-18-20(15,16)19-9-10(8-12)17-7-4-3-5-11(13)14/h10,12H,2-9H2,1H3,(H,13,14)(H,15,16)/t10-/m1/s1. The fourth-order valence-corrected chi connectivity index (χ4v) is 2.05. The summed E-state index contributed by atoms with van der Waals surface area (Å²) in [4.78, 5) is 19.5. The molecular formula is C11H23O8P. The van der Waals surface area contributed by atoms with E-state index in [-0.39, 0.29) is 32.8 Å². The molecule has 0 aliphatic heterocycles. The topological polar surface area (TPSA) is 123 Å². The molecule has 0 fully saturated rings. The van der Waals surface area contributed by atoms with Gasteiger partial charge in [0.15, 0.2) is 0 Å². The number of ether oxygens (including phenoxy) is 1. The number of hydrogen-bond donors (Lipinski definition) is 3. The zero-order chi connectivity index (χ0) is 15.4. The molecule has 8 nitrogen and oxygen atoms in total. The maximum absolute atomic E-state index is 11.4. The van der Waals surface area contributed by atoms with Crippen LogP contribution >= 0.6 is 7.82 Å². The first-order valence-corrected chi connectivity index (χ1v) is 7.97. The van der Waals surface area contributed by atoms with Gasteiger partial charge in [-0.15, -0.1) is 0 Å². The number of aliphatic carboxylic acids is 1. The summed E-state index contributed by atoms with van der Waals surface area (Å²) < 4.78 is 25.9. The van der Waals surface area contributed by atoms with Crippen molar-refractivity contribution in [3.8, 4) is 0 Å². The lowest BCUT2D eigenvalue weighted by molar-refractivity contribution is -0.137. The van der Waals surface area contributed by atoms with Crippen LogP contribution in [0.5, 0.6) is 0 Å². The lowest BCUT2D eigenvalue weighted by atomic mass is 10.2. The van der Waals surface area contributed by atoms with Gasteiger partial charge >= 0.3 is 13.8 Å². The summed E-state index contributed by atoms with van der Waals surface area (Å²) in [5.41, 5.74) is 0. The third-order valence-corrected chi connectivity index (χ3v) is 3.21. The van der Waals surface area contributed by atoms with Crippen LogP contribution in [0.15, 0.2) is 0 Å². The second-order valence-electron chi connectivity index (χ2n) is 4.12. The molecule has 0 radical (unpaired) electrons. The molecule has 1 unspecified atom stereocenters. The summed E-state index contributed by atoms with van der Waals surface area (Å²) in [7, 11) is -4.10. The third-order valence-electron chi connectivity index (χ3n) is 2.22. The Morgan fingerprint density at radius 3 is 2.50 bits per heavy atom. The molecule has 0 aromatic carbocycles.